The van der Waals surface area contributed by atoms with Crippen molar-refractivity contribution in [2.24, 2.45) is 0 Å². The molecule has 6 heteroatoms. The molecular formula is C18H21FN2O3. The van der Waals surface area contributed by atoms with Gasteiger partial charge in [0.25, 0.3) is 0 Å². The van der Waals surface area contributed by atoms with Crippen LogP contribution >= 0.6 is 0 Å². The summed E-state index contributed by atoms with van der Waals surface area (Å²) in [4.78, 5) is 12.1. The quantitative estimate of drug-likeness (QED) is 0.818. The van der Waals surface area contributed by atoms with E-state index in [4.69, 9.17) is 9.47 Å². The Bertz CT molecular complexity index is 689. The standard InChI is InChI=1S/C18H21FN2O3/c1-12(13-4-6-14(19)7-5-13)20-11-18(22)21-15-8-9-16(23-2)17(10-15)24-3/h4-10,12,20H,11H2,1-3H3,(H,21,22)/t12-/m1/s1. The molecule has 24 heavy (non-hydrogen) atoms. The fourth-order valence-electron chi connectivity index (χ4n) is 2.23. The number of carbonyl (C=O) groups is 1. The third-order valence-corrected chi connectivity index (χ3v) is 3.61. The van der Waals surface area contributed by atoms with Gasteiger partial charge in [-0.3, -0.25) is 4.79 Å². The van der Waals surface area contributed by atoms with Crippen LogP contribution < -0.4 is 20.1 Å². The highest BCUT2D eigenvalue weighted by molar-refractivity contribution is 5.92. The van der Waals surface area contributed by atoms with Crippen LogP contribution in [0.5, 0.6) is 11.5 Å². The van der Waals surface area contributed by atoms with Crippen LogP contribution in [0.4, 0.5) is 10.1 Å². The molecule has 0 saturated carbocycles. The zero-order chi connectivity index (χ0) is 17.5. The third-order valence-electron chi connectivity index (χ3n) is 3.61. The maximum Gasteiger partial charge on any atom is 0.238 e. The van der Waals surface area contributed by atoms with Crippen molar-refractivity contribution in [2.45, 2.75) is 13.0 Å². The highest BCUT2D eigenvalue weighted by atomic mass is 19.1. The van der Waals surface area contributed by atoms with Crippen LogP contribution in [0.2, 0.25) is 0 Å². The third kappa shape index (κ3) is 4.70. The van der Waals surface area contributed by atoms with Gasteiger partial charge in [0, 0.05) is 17.8 Å². The van der Waals surface area contributed by atoms with E-state index in [-0.39, 0.29) is 24.3 Å². The van der Waals surface area contributed by atoms with Crippen LogP contribution in [0.1, 0.15) is 18.5 Å². The number of rotatable bonds is 7. The number of halogens is 1. The molecule has 2 N–H and O–H groups in total. The normalized spacial score (nSPS) is 11.7. The average Bonchev–Trinajstić information content (AvgIpc) is 2.60. The predicted octanol–water partition coefficient (Wildman–Crippen LogP) is 3.13. The summed E-state index contributed by atoms with van der Waals surface area (Å²) in [6.45, 7) is 2.05. The lowest BCUT2D eigenvalue weighted by molar-refractivity contribution is -0.115. The molecule has 2 rings (SSSR count). The molecule has 0 aliphatic rings. The number of amides is 1. The first-order valence-corrected chi connectivity index (χ1v) is 7.54. The lowest BCUT2D eigenvalue weighted by atomic mass is 10.1. The van der Waals surface area contributed by atoms with Crippen LogP contribution in [0.15, 0.2) is 42.5 Å². The molecule has 2 aromatic rings. The SMILES string of the molecule is COc1ccc(NC(=O)CN[C@H](C)c2ccc(F)cc2)cc1OC. The number of benzene rings is 2. The van der Waals surface area contributed by atoms with Crippen molar-refractivity contribution in [1.29, 1.82) is 0 Å². The van der Waals surface area contributed by atoms with Crippen LogP contribution in [-0.2, 0) is 4.79 Å². The second-order valence-electron chi connectivity index (χ2n) is 5.27. The fourth-order valence-corrected chi connectivity index (χ4v) is 2.23. The Morgan fingerprint density at radius 1 is 1.08 bits per heavy atom. The van der Waals surface area contributed by atoms with Crippen molar-refractivity contribution in [3.05, 3.63) is 53.8 Å². The highest BCUT2D eigenvalue weighted by Gasteiger charge is 2.10. The first-order valence-electron chi connectivity index (χ1n) is 7.54. The number of methoxy groups -OCH3 is 2. The van der Waals surface area contributed by atoms with Gasteiger partial charge in [0.1, 0.15) is 5.82 Å². The molecule has 0 aromatic heterocycles. The van der Waals surface area contributed by atoms with Crippen LogP contribution in [0.25, 0.3) is 0 Å². The largest absolute Gasteiger partial charge is 0.493 e. The van der Waals surface area contributed by atoms with E-state index in [0.717, 1.165) is 5.56 Å². The van der Waals surface area contributed by atoms with Gasteiger partial charge in [-0.05, 0) is 36.8 Å². The van der Waals surface area contributed by atoms with Gasteiger partial charge in [-0.15, -0.1) is 0 Å². The molecule has 0 unspecified atom stereocenters. The maximum atomic E-state index is 12.9. The minimum atomic E-state index is -0.280. The smallest absolute Gasteiger partial charge is 0.238 e. The zero-order valence-corrected chi connectivity index (χ0v) is 13.9. The van der Waals surface area contributed by atoms with Gasteiger partial charge in [0.2, 0.25) is 5.91 Å². The van der Waals surface area contributed by atoms with Crippen molar-refractivity contribution in [3.8, 4) is 11.5 Å². The summed E-state index contributed by atoms with van der Waals surface area (Å²) in [5.41, 5.74) is 1.53. The molecule has 0 aliphatic carbocycles. The number of anilines is 1. The molecule has 0 aliphatic heterocycles. The molecule has 1 atom stereocenters. The summed E-state index contributed by atoms with van der Waals surface area (Å²) in [5, 5.41) is 5.89. The second kappa shape index (κ2) is 8.31. The number of hydrogen-bond acceptors (Lipinski definition) is 4. The number of carbonyl (C=O) groups excluding carboxylic acids is 1. The van der Waals surface area contributed by atoms with Gasteiger partial charge in [0.05, 0.1) is 20.8 Å². The van der Waals surface area contributed by atoms with E-state index < -0.39 is 0 Å². The summed E-state index contributed by atoms with van der Waals surface area (Å²) < 4.78 is 23.3. The van der Waals surface area contributed by atoms with Gasteiger partial charge in [-0.25, -0.2) is 4.39 Å². The lowest BCUT2D eigenvalue weighted by Gasteiger charge is -2.15. The van der Waals surface area contributed by atoms with E-state index in [0.29, 0.717) is 17.2 Å². The van der Waals surface area contributed by atoms with E-state index in [1.54, 1.807) is 37.4 Å². The van der Waals surface area contributed by atoms with E-state index in [1.807, 2.05) is 6.92 Å². The lowest BCUT2D eigenvalue weighted by Crippen LogP contribution is -2.30. The van der Waals surface area contributed by atoms with Crippen LogP contribution in [-0.4, -0.2) is 26.7 Å². The molecule has 0 fully saturated rings. The molecule has 128 valence electrons. The van der Waals surface area contributed by atoms with E-state index in [2.05, 4.69) is 10.6 Å². The Labute approximate surface area is 140 Å². The molecule has 0 spiro atoms. The Hall–Kier alpha value is -2.60. The molecule has 2 aromatic carbocycles. The Morgan fingerprint density at radius 2 is 1.75 bits per heavy atom. The first-order chi connectivity index (χ1) is 11.5. The summed E-state index contributed by atoms with van der Waals surface area (Å²) in [6, 6.07) is 11.3. The zero-order valence-electron chi connectivity index (χ0n) is 13.9. The van der Waals surface area contributed by atoms with Gasteiger partial charge < -0.3 is 20.1 Å². The van der Waals surface area contributed by atoms with Crippen molar-refractivity contribution in [3.63, 3.8) is 0 Å². The Kier molecular flexibility index (Phi) is 6.14. The molecule has 0 heterocycles. The summed E-state index contributed by atoms with van der Waals surface area (Å²) in [7, 11) is 3.09. The summed E-state index contributed by atoms with van der Waals surface area (Å²) in [6.07, 6.45) is 0. The maximum absolute atomic E-state index is 12.9. The van der Waals surface area contributed by atoms with Crippen LogP contribution in [0.3, 0.4) is 0 Å². The Morgan fingerprint density at radius 3 is 2.38 bits per heavy atom. The van der Waals surface area contributed by atoms with Gasteiger partial charge in [-0.2, -0.15) is 0 Å². The van der Waals surface area contributed by atoms with Gasteiger partial charge in [0.15, 0.2) is 11.5 Å². The topological polar surface area (TPSA) is 59.6 Å². The van der Waals surface area contributed by atoms with E-state index in [9.17, 15) is 9.18 Å². The fraction of sp³-hybridized carbons (Fsp3) is 0.278. The molecule has 0 bridgehead atoms. The number of hydrogen-bond donors (Lipinski definition) is 2. The minimum absolute atomic E-state index is 0.0678. The van der Waals surface area contributed by atoms with Gasteiger partial charge in [-0.1, -0.05) is 12.1 Å². The average molecular weight is 332 g/mol. The molecule has 0 saturated heterocycles. The molecular weight excluding hydrogens is 311 g/mol. The molecule has 1 amide bonds. The number of ether oxygens (including phenoxy) is 2. The monoisotopic (exact) mass is 332 g/mol. The second-order valence-corrected chi connectivity index (χ2v) is 5.27. The van der Waals surface area contributed by atoms with Crippen LogP contribution in [0, 0.1) is 5.82 Å². The first kappa shape index (κ1) is 17.7. The van der Waals surface area contributed by atoms with Crippen molar-refractivity contribution < 1.29 is 18.7 Å². The van der Waals surface area contributed by atoms with Gasteiger partial charge >= 0.3 is 0 Å². The van der Waals surface area contributed by atoms with Crippen molar-refractivity contribution in [2.75, 3.05) is 26.1 Å². The highest BCUT2D eigenvalue weighted by Crippen LogP contribution is 2.29. The summed E-state index contributed by atoms with van der Waals surface area (Å²) in [5.74, 6) is 0.676. The Balaban J connectivity index is 1.90. The summed E-state index contributed by atoms with van der Waals surface area (Å²) >= 11 is 0. The van der Waals surface area contributed by atoms with Crippen molar-refractivity contribution >= 4 is 11.6 Å². The van der Waals surface area contributed by atoms with E-state index in [1.165, 1.54) is 19.2 Å². The van der Waals surface area contributed by atoms with Crippen molar-refractivity contribution in [1.82, 2.24) is 5.32 Å². The number of nitrogens with one attached hydrogen (secondary N) is 2. The van der Waals surface area contributed by atoms with E-state index >= 15 is 0 Å². The minimum Gasteiger partial charge on any atom is -0.493 e. The predicted molar refractivity (Wildman–Crippen MR) is 91.0 cm³/mol. The molecule has 5 nitrogen and oxygen atoms in total. The molecule has 0 radical (unpaired) electrons.